The molecular formula is C26H31N3O4S. The first-order chi connectivity index (χ1) is 16.6. The number of hydrogen-bond acceptors (Lipinski definition) is 7. The van der Waals surface area contributed by atoms with E-state index in [0.29, 0.717) is 23.2 Å². The van der Waals surface area contributed by atoms with E-state index >= 15 is 0 Å². The third-order valence-electron chi connectivity index (χ3n) is 5.93. The van der Waals surface area contributed by atoms with Gasteiger partial charge in [-0.1, -0.05) is 0 Å². The molecule has 0 N–H and O–H groups in total. The molecule has 2 saturated heterocycles. The van der Waals surface area contributed by atoms with E-state index in [1.165, 1.54) is 31.0 Å². The predicted octanol–water partition coefficient (Wildman–Crippen LogP) is 4.94. The Bertz CT molecular complexity index is 1060. The molecule has 180 valence electrons. The molecule has 7 nitrogen and oxygen atoms in total. The van der Waals surface area contributed by atoms with Gasteiger partial charge in [-0.15, -0.1) is 0 Å². The van der Waals surface area contributed by atoms with Gasteiger partial charge in [-0.2, -0.15) is 0 Å². The summed E-state index contributed by atoms with van der Waals surface area (Å²) >= 11 is 1.36. The maximum atomic E-state index is 13.3. The molecular weight excluding hydrogens is 450 g/mol. The highest BCUT2D eigenvalue weighted by atomic mass is 32.2. The first kappa shape index (κ1) is 24.2. The Kier molecular flexibility index (Phi) is 8.13. The smallest absolute Gasteiger partial charge is 0.266 e. The largest absolute Gasteiger partial charge is 0.497 e. The number of ether oxygens (including phenoxy) is 3. The highest BCUT2D eigenvalue weighted by Crippen LogP contribution is 2.37. The van der Waals surface area contributed by atoms with Crippen molar-refractivity contribution in [3.63, 3.8) is 0 Å². The normalized spacial score (nSPS) is 18.7. The quantitative estimate of drug-likeness (QED) is 0.498. The Balaban J connectivity index is 1.61. The van der Waals surface area contributed by atoms with E-state index in [9.17, 15) is 4.79 Å². The van der Waals surface area contributed by atoms with E-state index in [2.05, 4.69) is 17.0 Å². The lowest BCUT2D eigenvalue weighted by Gasteiger charge is -2.29. The molecule has 2 heterocycles. The predicted molar refractivity (Wildman–Crippen MR) is 138 cm³/mol. The van der Waals surface area contributed by atoms with Crippen molar-refractivity contribution in [2.24, 2.45) is 4.99 Å². The zero-order valence-electron chi connectivity index (χ0n) is 20.0. The van der Waals surface area contributed by atoms with Crippen molar-refractivity contribution < 1.29 is 19.0 Å². The number of amidine groups is 1. The van der Waals surface area contributed by atoms with Crippen LogP contribution < -0.4 is 14.4 Å². The van der Waals surface area contributed by atoms with Crippen LogP contribution in [0.3, 0.4) is 0 Å². The van der Waals surface area contributed by atoms with Gasteiger partial charge in [0, 0.05) is 37.5 Å². The Morgan fingerprint density at radius 1 is 1.00 bits per heavy atom. The van der Waals surface area contributed by atoms with Crippen molar-refractivity contribution in [3.05, 3.63) is 52.9 Å². The Hall–Kier alpha value is -2.97. The van der Waals surface area contributed by atoms with Crippen LogP contribution in [0.25, 0.3) is 6.08 Å². The maximum Gasteiger partial charge on any atom is 0.266 e. The minimum Gasteiger partial charge on any atom is -0.497 e. The molecule has 2 aliphatic heterocycles. The number of thioether (sulfide) groups is 1. The third kappa shape index (κ3) is 5.56. The van der Waals surface area contributed by atoms with Gasteiger partial charge in [0.2, 0.25) is 0 Å². The average Bonchev–Trinajstić information content (AvgIpc) is 3.17. The van der Waals surface area contributed by atoms with Gasteiger partial charge in [0.15, 0.2) is 5.17 Å². The van der Waals surface area contributed by atoms with Gasteiger partial charge < -0.3 is 19.1 Å². The molecule has 0 aromatic heterocycles. The van der Waals surface area contributed by atoms with Crippen molar-refractivity contribution in [1.29, 1.82) is 0 Å². The number of rotatable bonds is 8. The average molecular weight is 482 g/mol. The third-order valence-corrected chi connectivity index (χ3v) is 6.94. The maximum absolute atomic E-state index is 13.3. The minimum absolute atomic E-state index is 0.0866. The molecule has 2 aromatic rings. The van der Waals surface area contributed by atoms with Crippen LogP contribution in [0.2, 0.25) is 0 Å². The highest BCUT2D eigenvalue weighted by molar-refractivity contribution is 8.18. The highest BCUT2D eigenvalue weighted by Gasteiger charge is 2.33. The fourth-order valence-corrected chi connectivity index (χ4v) is 5.06. The van der Waals surface area contributed by atoms with E-state index in [4.69, 9.17) is 19.2 Å². The topological polar surface area (TPSA) is 63.6 Å². The molecule has 0 unspecified atom stereocenters. The molecule has 0 spiro atoms. The zero-order valence-corrected chi connectivity index (χ0v) is 20.8. The second-order valence-electron chi connectivity index (χ2n) is 8.13. The van der Waals surface area contributed by atoms with Crippen LogP contribution in [0, 0.1) is 0 Å². The summed E-state index contributed by atoms with van der Waals surface area (Å²) in [6.07, 6.45) is 5.61. The molecule has 0 aliphatic carbocycles. The Labute approximate surface area is 205 Å². The fourth-order valence-electron chi connectivity index (χ4n) is 4.05. The Morgan fingerprint density at radius 3 is 2.44 bits per heavy atom. The molecule has 34 heavy (non-hydrogen) atoms. The van der Waals surface area contributed by atoms with E-state index in [1.54, 1.807) is 26.2 Å². The molecule has 0 saturated carbocycles. The van der Waals surface area contributed by atoms with E-state index in [1.807, 2.05) is 36.4 Å². The second-order valence-corrected chi connectivity index (χ2v) is 9.14. The number of carbonyl (C=O) groups is 1. The number of piperidine rings is 1. The molecule has 0 atom stereocenters. The van der Waals surface area contributed by atoms with Crippen LogP contribution in [-0.2, 0) is 9.53 Å². The number of carbonyl (C=O) groups excluding carboxylic acids is 1. The van der Waals surface area contributed by atoms with E-state index < -0.39 is 0 Å². The lowest BCUT2D eigenvalue weighted by molar-refractivity contribution is -0.122. The van der Waals surface area contributed by atoms with E-state index in [0.717, 1.165) is 41.5 Å². The SMILES string of the molecule is COCCN1C(=O)/C(=C/c2ccc(N3CCCCC3)cc2OC)SC1=Nc1ccc(OC)cc1. The van der Waals surface area contributed by atoms with Crippen LogP contribution in [0.4, 0.5) is 11.4 Å². The summed E-state index contributed by atoms with van der Waals surface area (Å²) in [6.45, 7) is 2.99. The van der Waals surface area contributed by atoms with Crippen LogP contribution in [0.5, 0.6) is 11.5 Å². The van der Waals surface area contributed by atoms with Crippen molar-refractivity contribution in [2.75, 3.05) is 52.5 Å². The number of amides is 1. The minimum atomic E-state index is -0.0866. The van der Waals surface area contributed by atoms with Gasteiger partial charge in [0.05, 0.1) is 38.0 Å². The molecule has 0 radical (unpaired) electrons. The van der Waals surface area contributed by atoms with Gasteiger partial charge in [-0.3, -0.25) is 9.69 Å². The lowest BCUT2D eigenvalue weighted by Crippen LogP contribution is -2.32. The van der Waals surface area contributed by atoms with Crippen LogP contribution in [0.15, 0.2) is 52.4 Å². The number of anilines is 1. The summed E-state index contributed by atoms with van der Waals surface area (Å²) in [7, 11) is 4.92. The molecule has 2 aromatic carbocycles. The number of benzene rings is 2. The fraction of sp³-hybridized carbons (Fsp3) is 0.385. The first-order valence-corrected chi connectivity index (χ1v) is 12.3. The van der Waals surface area contributed by atoms with Gasteiger partial charge in [-0.25, -0.2) is 4.99 Å². The summed E-state index contributed by atoms with van der Waals surface area (Å²) in [5.41, 5.74) is 2.78. The van der Waals surface area contributed by atoms with Crippen LogP contribution in [-0.4, -0.2) is 63.5 Å². The number of aliphatic imine (C=N–C) groups is 1. The molecule has 2 fully saturated rings. The molecule has 8 heteroatoms. The molecule has 2 aliphatic rings. The number of methoxy groups -OCH3 is 3. The van der Waals surface area contributed by atoms with Gasteiger partial charge in [-0.05, 0) is 73.5 Å². The standard InChI is InChI=1S/C26H31N3O4S/c1-31-16-15-29-25(30)24(34-26(29)27-20-8-11-22(32-2)12-9-20)17-19-7-10-21(18-23(19)33-3)28-13-5-4-6-14-28/h7-12,17-18H,4-6,13-16H2,1-3H3/b24-17-,27-26?. The number of hydrogen-bond donors (Lipinski definition) is 0. The first-order valence-electron chi connectivity index (χ1n) is 11.5. The van der Waals surface area contributed by atoms with E-state index in [-0.39, 0.29) is 5.91 Å². The molecule has 0 bridgehead atoms. The van der Waals surface area contributed by atoms with Crippen molar-refractivity contribution >= 4 is 40.3 Å². The monoisotopic (exact) mass is 481 g/mol. The summed E-state index contributed by atoms with van der Waals surface area (Å²) < 4.78 is 16.1. The van der Waals surface area contributed by atoms with Crippen molar-refractivity contribution in [2.45, 2.75) is 19.3 Å². The van der Waals surface area contributed by atoms with Crippen molar-refractivity contribution in [1.82, 2.24) is 4.90 Å². The van der Waals surface area contributed by atoms with Gasteiger partial charge in [0.25, 0.3) is 5.91 Å². The summed E-state index contributed by atoms with van der Waals surface area (Å²) in [4.78, 5) is 22.6. The summed E-state index contributed by atoms with van der Waals surface area (Å²) in [5, 5.41) is 0.627. The van der Waals surface area contributed by atoms with Gasteiger partial charge in [0.1, 0.15) is 11.5 Å². The molecule has 1 amide bonds. The lowest BCUT2D eigenvalue weighted by atomic mass is 10.1. The Morgan fingerprint density at radius 2 is 1.76 bits per heavy atom. The molecule has 4 rings (SSSR count). The zero-order chi connectivity index (χ0) is 23.9. The number of nitrogens with zero attached hydrogens (tertiary/aromatic N) is 3. The van der Waals surface area contributed by atoms with Gasteiger partial charge >= 0.3 is 0 Å². The van der Waals surface area contributed by atoms with Crippen LogP contribution in [0.1, 0.15) is 24.8 Å². The summed E-state index contributed by atoms with van der Waals surface area (Å²) in [5.74, 6) is 1.43. The van der Waals surface area contributed by atoms with Crippen molar-refractivity contribution in [3.8, 4) is 11.5 Å². The van der Waals surface area contributed by atoms with Crippen LogP contribution >= 0.6 is 11.8 Å². The summed E-state index contributed by atoms with van der Waals surface area (Å²) in [6, 6.07) is 13.7. The second kappa shape index (κ2) is 11.4.